The second-order valence-corrected chi connectivity index (χ2v) is 5.43. The lowest BCUT2D eigenvalue weighted by atomic mass is 10.1. The van der Waals surface area contributed by atoms with Crippen molar-refractivity contribution in [2.45, 2.75) is 10.6 Å². The van der Waals surface area contributed by atoms with Crippen molar-refractivity contribution >= 4 is 23.4 Å². The van der Waals surface area contributed by atoms with Gasteiger partial charge in [0.2, 0.25) is 0 Å². The van der Waals surface area contributed by atoms with Gasteiger partial charge in [0.15, 0.2) is 0 Å². The maximum atomic E-state index is 5.86. The quantitative estimate of drug-likeness (QED) is 0.683. The molecule has 2 N–H and O–H groups in total. The number of hydrogen-bond acceptors (Lipinski definition) is 2. The van der Waals surface area contributed by atoms with E-state index in [1.165, 1.54) is 10.5 Å². The summed E-state index contributed by atoms with van der Waals surface area (Å²) in [4.78, 5) is 1.21. The van der Waals surface area contributed by atoms with Crippen molar-refractivity contribution in [3.63, 3.8) is 0 Å². The van der Waals surface area contributed by atoms with Gasteiger partial charge in [-0.2, -0.15) is 0 Å². The third kappa shape index (κ3) is 4.65. The van der Waals surface area contributed by atoms with Crippen LogP contribution in [0.4, 0.5) is 0 Å². The molecule has 3 heteroatoms. The summed E-state index contributed by atoms with van der Waals surface area (Å²) < 4.78 is 0. The average Bonchev–Trinajstić information content (AvgIpc) is 2.45. The normalized spacial score (nSPS) is 9.79. The fourth-order valence-corrected chi connectivity index (χ4v) is 2.56. The lowest BCUT2D eigenvalue weighted by Gasteiger charge is -2.03. The Hall–Kier alpha value is -1.40. The highest BCUT2D eigenvalue weighted by molar-refractivity contribution is 7.98. The first-order valence-electron chi connectivity index (χ1n) is 5.94. The molecule has 0 aliphatic rings. The molecule has 2 aromatic rings. The van der Waals surface area contributed by atoms with Gasteiger partial charge in [0, 0.05) is 21.2 Å². The van der Waals surface area contributed by atoms with E-state index in [2.05, 4.69) is 24.0 Å². The van der Waals surface area contributed by atoms with Crippen molar-refractivity contribution in [2.75, 3.05) is 6.54 Å². The molecule has 19 heavy (non-hydrogen) atoms. The van der Waals surface area contributed by atoms with Crippen molar-refractivity contribution in [3.05, 3.63) is 64.7 Å². The fraction of sp³-hybridized carbons (Fsp3) is 0.125. The lowest BCUT2D eigenvalue weighted by Crippen LogP contribution is -1.93. The maximum absolute atomic E-state index is 5.86. The van der Waals surface area contributed by atoms with Gasteiger partial charge in [-0.1, -0.05) is 35.6 Å². The highest BCUT2D eigenvalue weighted by atomic mass is 35.5. The molecule has 0 aromatic heterocycles. The van der Waals surface area contributed by atoms with E-state index in [0.29, 0.717) is 6.54 Å². The summed E-state index contributed by atoms with van der Waals surface area (Å²) in [6.07, 6.45) is 0. The molecule has 1 nitrogen and oxygen atoms in total. The zero-order valence-corrected chi connectivity index (χ0v) is 12.0. The molecular weight excluding hydrogens is 274 g/mol. The minimum absolute atomic E-state index is 0.393. The van der Waals surface area contributed by atoms with Gasteiger partial charge in [0.25, 0.3) is 0 Å². The number of nitrogens with two attached hydrogens (primary N) is 1. The monoisotopic (exact) mass is 287 g/mol. The fourth-order valence-electron chi connectivity index (χ4n) is 1.59. The van der Waals surface area contributed by atoms with Gasteiger partial charge >= 0.3 is 0 Å². The van der Waals surface area contributed by atoms with E-state index in [4.69, 9.17) is 17.3 Å². The Kier molecular flexibility index (Phi) is 5.35. The smallest absolute Gasteiger partial charge is 0.0555 e. The summed E-state index contributed by atoms with van der Waals surface area (Å²) in [5.41, 5.74) is 7.64. The molecule has 0 radical (unpaired) electrons. The van der Waals surface area contributed by atoms with E-state index >= 15 is 0 Å². The predicted molar refractivity (Wildman–Crippen MR) is 83.4 cm³/mol. The molecular formula is C16H14ClNS. The van der Waals surface area contributed by atoms with E-state index in [1.807, 2.05) is 36.4 Å². The van der Waals surface area contributed by atoms with E-state index in [1.54, 1.807) is 11.8 Å². The molecule has 0 aliphatic carbocycles. The molecule has 0 fully saturated rings. The number of benzene rings is 2. The zero-order valence-electron chi connectivity index (χ0n) is 10.4. The van der Waals surface area contributed by atoms with Crippen LogP contribution >= 0.6 is 23.4 Å². The minimum atomic E-state index is 0.393. The summed E-state index contributed by atoms with van der Waals surface area (Å²) in [5.74, 6) is 6.83. The third-order valence-corrected chi connectivity index (χ3v) is 3.82. The van der Waals surface area contributed by atoms with Crippen LogP contribution < -0.4 is 5.73 Å². The number of thioether (sulfide) groups is 1. The molecule has 0 heterocycles. The molecule has 96 valence electrons. The average molecular weight is 288 g/mol. The van der Waals surface area contributed by atoms with Crippen LogP contribution in [0.2, 0.25) is 5.02 Å². The maximum Gasteiger partial charge on any atom is 0.0555 e. The summed E-state index contributed by atoms with van der Waals surface area (Å²) >= 11 is 7.65. The van der Waals surface area contributed by atoms with Crippen molar-refractivity contribution in [3.8, 4) is 11.8 Å². The standard InChI is InChI=1S/C16H14ClNS/c17-15-6-8-16(9-7-15)19-12-14-4-1-3-13(11-14)5-2-10-18/h1,3-4,6-9,11H,10,12,18H2. The second-order valence-electron chi connectivity index (χ2n) is 3.95. The molecule has 0 atom stereocenters. The minimum Gasteiger partial charge on any atom is -0.320 e. The van der Waals surface area contributed by atoms with Crippen LogP contribution in [0.5, 0.6) is 0 Å². The molecule has 0 saturated carbocycles. The van der Waals surface area contributed by atoms with Crippen molar-refractivity contribution < 1.29 is 0 Å². The first kappa shape index (κ1) is 14.0. The Labute approximate surface area is 123 Å². The first-order chi connectivity index (χ1) is 9.28. The number of rotatable bonds is 3. The molecule has 2 aromatic carbocycles. The second kappa shape index (κ2) is 7.25. The van der Waals surface area contributed by atoms with Crippen LogP contribution in [-0.4, -0.2) is 6.54 Å². The van der Waals surface area contributed by atoms with Gasteiger partial charge < -0.3 is 5.73 Å². The number of hydrogen-bond donors (Lipinski definition) is 1. The summed E-state index contributed by atoms with van der Waals surface area (Å²) in [7, 11) is 0. The molecule has 2 rings (SSSR count). The van der Waals surface area contributed by atoms with Crippen molar-refractivity contribution in [1.29, 1.82) is 0 Å². The predicted octanol–water partition coefficient (Wildman–Crippen LogP) is 3.94. The van der Waals surface area contributed by atoms with Gasteiger partial charge in [-0.3, -0.25) is 0 Å². The molecule has 0 unspecified atom stereocenters. The molecule has 0 aliphatic heterocycles. The zero-order chi connectivity index (χ0) is 13.5. The summed E-state index contributed by atoms with van der Waals surface area (Å²) in [5, 5.41) is 0.767. The Balaban J connectivity index is 2.01. The SMILES string of the molecule is NCC#Cc1cccc(CSc2ccc(Cl)cc2)c1. The summed E-state index contributed by atoms with van der Waals surface area (Å²) in [6, 6.07) is 16.1. The van der Waals surface area contributed by atoms with Gasteiger partial charge in [0.05, 0.1) is 6.54 Å². The largest absolute Gasteiger partial charge is 0.320 e. The molecule has 0 amide bonds. The van der Waals surface area contributed by atoms with E-state index < -0.39 is 0 Å². The van der Waals surface area contributed by atoms with E-state index in [9.17, 15) is 0 Å². The van der Waals surface area contributed by atoms with Crippen LogP contribution in [-0.2, 0) is 5.75 Å². The van der Waals surface area contributed by atoms with Gasteiger partial charge in [-0.15, -0.1) is 11.8 Å². The van der Waals surface area contributed by atoms with Gasteiger partial charge in [0.1, 0.15) is 0 Å². The van der Waals surface area contributed by atoms with Crippen LogP contribution in [0.25, 0.3) is 0 Å². The van der Waals surface area contributed by atoms with E-state index in [-0.39, 0.29) is 0 Å². The van der Waals surface area contributed by atoms with Crippen LogP contribution in [0, 0.1) is 11.8 Å². The molecule has 0 bridgehead atoms. The van der Waals surface area contributed by atoms with Crippen LogP contribution in [0.15, 0.2) is 53.4 Å². The Morgan fingerprint density at radius 2 is 1.89 bits per heavy atom. The van der Waals surface area contributed by atoms with Crippen LogP contribution in [0.1, 0.15) is 11.1 Å². The molecule has 0 spiro atoms. The lowest BCUT2D eigenvalue weighted by molar-refractivity contribution is 1.30. The summed E-state index contributed by atoms with van der Waals surface area (Å²) in [6.45, 7) is 0.393. The first-order valence-corrected chi connectivity index (χ1v) is 7.30. The number of halogens is 1. The van der Waals surface area contributed by atoms with E-state index in [0.717, 1.165) is 16.3 Å². The third-order valence-electron chi connectivity index (χ3n) is 2.48. The Morgan fingerprint density at radius 1 is 1.11 bits per heavy atom. The Morgan fingerprint density at radius 3 is 2.63 bits per heavy atom. The van der Waals surface area contributed by atoms with Crippen LogP contribution in [0.3, 0.4) is 0 Å². The highest BCUT2D eigenvalue weighted by Crippen LogP contribution is 2.24. The topological polar surface area (TPSA) is 26.0 Å². The van der Waals surface area contributed by atoms with Gasteiger partial charge in [-0.05, 0) is 42.0 Å². The van der Waals surface area contributed by atoms with Crippen molar-refractivity contribution in [2.24, 2.45) is 5.73 Å². The molecule has 0 saturated heterocycles. The van der Waals surface area contributed by atoms with Crippen molar-refractivity contribution in [1.82, 2.24) is 0 Å². The van der Waals surface area contributed by atoms with Gasteiger partial charge in [-0.25, -0.2) is 0 Å². The highest BCUT2D eigenvalue weighted by Gasteiger charge is 1.97. The Bertz CT molecular complexity index is 596.